The van der Waals surface area contributed by atoms with Crippen LogP contribution in [0.2, 0.25) is 10.0 Å². The van der Waals surface area contributed by atoms with Crippen LogP contribution in [-0.2, 0) is 4.79 Å². The lowest BCUT2D eigenvalue weighted by molar-refractivity contribution is -0.164. The zero-order valence-electron chi connectivity index (χ0n) is 17.0. The predicted molar refractivity (Wildman–Crippen MR) is 116 cm³/mol. The van der Waals surface area contributed by atoms with Gasteiger partial charge in [-0.15, -0.1) is 0 Å². The lowest BCUT2D eigenvalue weighted by Gasteiger charge is -2.70. The number of ether oxygens (including phenoxy) is 1. The van der Waals surface area contributed by atoms with Crippen molar-refractivity contribution in [2.45, 2.75) is 51.0 Å². The molecule has 0 radical (unpaired) electrons. The van der Waals surface area contributed by atoms with Gasteiger partial charge in [0.2, 0.25) is 0 Å². The number of hydrogen-bond acceptors (Lipinski definition) is 4. The molecule has 0 saturated heterocycles. The van der Waals surface area contributed by atoms with Gasteiger partial charge in [0.1, 0.15) is 5.75 Å². The van der Waals surface area contributed by atoms with E-state index in [1.165, 1.54) is 0 Å². The third kappa shape index (κ3) is 4.19. The van der Waals surface area contributed by atoms with Gasteiger partial charge in [0.05, 0.1) is 10.0 Å². The van der Waals surface area contributed by atoms with Crippen LogP contribution < -0.4 is 10.1 Å². The summed E-state index contributed by atoms with van der Waals surface area (Å²) < 4.78 is 5.49. The molecule has 30 heavy (non-hydrogen) atoms. The van der Waals surface area contributed by atoms with Gasteiger partial charge in [0.25, 0.3) is 5.91 Å². The summed E-state index contributed by atoms with van der Waals surface area (Å²) >= 11 is 11.8. The number of halogens is 2. The highest BCUT2D eigenvalue weighted by Crippen LogP contribution is 2.69. The van der Waals surface area contributed by atoms with E-state index in [0.717, 1.165) is 25.0 Å². The van der Waals surface area contributed by atoms with E-state index < -0.39 is 0 Å². The van der Waals surface area contributed by atoms with Crippen molar-refractivity contribution in [1.82, 2.24) is 10.3 Å². The third-order valence-corrected chi connectivity index (χ3v) is 6.78. The van der Waals surface area contributed by atoms with E-state index in [0.29, 0.717) is 33.7 Å². The Balaban J connectivity index is 1.23. The summed E-state index contributed by atoms with van der Waals surface area (Å²) in [6, 6.07) is 8.68. The number of hydrogen-bond donors (Lipinski definition) is 1. The lowest BCUT2D eigenvalue weighted by Crippen LogP contribution is -2.75. The molecule has 0 unspecified atom stereocenters. The molecule has 5 nitrogen and oxygen atoms in total. The molecule has 1 aromatic carbocycles. The fourth-order valence-electron chi connectivity index (χ4n) is 4.72. The van der Waals surface area contributed by atoms with Gasteiger partial charge >= 0.3 is 0 Å². The van der Waals surface area contributed by atoms with Crippen molar-refractivity contribution in [2.24, 2.45) is 5.41 Å². The van der Waals surface area contributed by atoms with E-state index in [4.69, 9.17) is 27.9 Å². The van der Waals surface area contributed by atoms with E-state index in [2.05, 4.69) is 24.1 Å². The molecule has 2 bridgehead atoms. The first-order chi connectivity index (χ1) is 14.2. The number of nitrogens with zero attached hydrogens (tertiary/aromatic N) is 1. The second kappa shape index (κ2) is 7.86. The van der Waals surface area contributed by atoms with Gasteiger partial charge < -0.3 is 10.1 Å². The van der Waals surface area contributed by atoms with Gasteiger partial charge in [0, 0.05) is 35.5 Å². The highest BCUT2D eigenvalue weighted by atomic mass is 35.5. The molecular weight excluding hydrogens is 423 g/mol. The van der Waals surface area contributed by atoms with Crippen molar-refractivity contribution < 1.29 is 14.3 Å². The maximum Gasteiger partial charge on any atom is 0.258 e. The van der Waals surface area contributed by atoms with Crippen LogP contribution in [0.3, 0.4) is 0 Å². The molecule has 3 aliphatic carbocycles. The van der Waals surface area contributed by atoms with Gasteiger partial charge in [-0.3, -0.25) is 14.6 Å². The minimum atomic E-state index is -0.182. The monoisotopic (exact) mass is 446 g/mol. The minimum absolute atomic E-state index is 0.0195. The molecule has 0 atom stereocenters. The normalized spacial score (nSPS) is 24.0. The van der Waals surface area contributed by atoms with Crippen molar-refractivity contribution in [3.8, 4) is 5.75 Å². The van der Waals surface area contributed by atoms with Crippen molar-refractivity contribution in [1.29, 1.82) is 0 Å². The second-order valence-corrected chi connectivity index (χ2v) is 9.76. The standard InChI is InChI=1S/C23H24Cl2N2O3/c1-14(2)19-6-3-15(9-26-19)20(28)8-22-11-23(12-22,13-22)27-21(29)10-30-16-4-5-17(24)18(25)7-16/h3-7,9,14H,8,10-13H2,1-2H3,(H,27,29). The number of pyridine rings is 1. The first-order valence-corrected chi connectivity index (χ1v) is 10.8. The Morgan fingerprint density at radius 3 is 2.47 bits per heavy atom. The molecule has 3 saturated carbocycles. The van der Waals surface area contributed by atoms with E-state index in [1.807, 2.05) is 12.1 Å². The summed E-state index contributed by atoms with van der Waals surface area (Å²) in [5.74, 6) is 0.793. The number of carbonyl (C=O) groups excluding carboxylic acids is 2. The Bertz CT molecular complexity index is 969. The molecule has 1 N–H and O–H groups in total. The molecule has 3 fully saturated rings. The fourth-order valence-corrected chi connectivity index (χ4v) is 5.01. The lowest BCUT2D eigenvalue weighted by atomic mass is 9.38. The highest BCUT2D eigenvalue weighted by molar-refractivity contribution is 6.42. The molecular formula is C23H24Cl2N2O3. The van der Waals surface area contributed by atoms with Gasteiger partial charge in [-0.2, -0.15) is 0 Å². The van der Waals surface area contributed by atoms with Gasteiger partial charge in [-0.1, -0.05) is 37.0 Å². The second-order valence-electron chi connectivity index (χ2n) is 8.95. The largest absolute Gasteiger partial charge is 0.484 e. The summed E-state index contributed by atoms with van der Waals surface area (Å²) in [5, 5.41) is 3.89. The zero-order chi connectivity index (χ0) is 21.5. The van der Waals surface area contributed by atoms with Crippen molar-refractivity contribution in [2.75, 3.05) is 6.61 Å². The number of Topliss-reactive ketones (excluding diaryl/α,β-unsaturated/α-hetero) is 1. The van der Waals surface area contributed by atoms with Gasteiger partial charge in [-0.05, 0) is 54.9 Å². The van der Waals surface area contributed by atoms with Crippen LogP contribution in [0.1, 0.15) is 61.5 Å². The Kier molecular flexibility index (Phi) is 5.54. The molecule has 0 spiro atoms. The van der Waals surface area contributed by atoms with Crippen molar-refractivity contribution in [3.05, 3.63) is 57.8 Å². The van der Waals surface area contributed by atoms with E-state index in [1.54, 1.807) is 24.4 Å². The molecule has 1 aromatic heterocycles. The van der Waals surface area contributed by atoms with Crippen LogP contribution >= 0.6 is 23.2 Å². The number of carbonyl (C=O) groups is 2. The van der Waals surface area contributed by atoms with E-state index in [9.17, 15) is 9.59 Å². The average Bonchev–Trinajstić information content (AvgIpc) is 2.66. The van der Waals surface area contributed by atoms with Gasteiger partial charge in [-0.25, -0.2) is 0 Å². The fraction of sp³-hybridized carbons (Fsp3) is 0.435. The first kappa shape index (κ1) is 21.1. The van der Waals surface area contributed by atoms with Crippen LogP contribution in [0.25, 0.3) is 0 Å². The molecule has 2 aromatic rings. The molecule has 1 heterocycles. The van der Waals surface area contributed by atoms with Crippen LogP contribution in [0.15, 0.2) is 36.5 Å². The number of ketones is 1. The Morgan fingerprint density at radius 1 is 1.13 bits per heavy atom. The van der Waals surface area contributed by atoms with Crippen LogP contribution in [0.4, 0.5) is 0 Å². The topological polar surface area (TPSA) is 68.3 Å². The zero-order valence-corrected chi connectivity index (χ0v) is 18.5. The number of aromatic nitrogens is 1. The number of rotatable bonds is 8. The maximum atomic E-state index is 12.6. The summed E-state index contributed by atoms with van der Waals surface area (Å²) in [5.41, 5.74) is 1.49. The quantitative estimate of drug-likeness (QED) is 0.565. The summed E-state index contributed by atoms with van der Waals surface area (Å²) in [4.78, 5) is 29.3. The molecule has 7 heteroatoms. The number of benzene rings is 1. The summed E-state index contributed by atoms with van der Waals surface area (Å²) in [7, 11) is 0. The van der Waals surface area contributed by atoms with Crippen molar-refractivity contribution >= 4 is 34.9 Å². The van der Waals surface area contributed by atoms with Crippen LogP contribution in [-0.4, -0.2) is 28.8 Å². The van der Waals surface area contributed by atoms with Crippen LogP contribution in [0, 0.1) is 5.41 Å². The Labute approximate surface area is 186 Å². The number of amides is 1. The molecule has 3 aliphatic rings. The third-order valence-electron chi connectivity index (χ3n) is 6.04. The predicted octanol–water partition coefficient (Wildman–Crippen LogP) is 5.20. The summed E-state index contributed by atoms with van der Waals surface area (Å²) in [6.07, 6.45) is 4.69. The number of nitrogens with one attached hydrogen (secondary N) is 1. The Morgan fingerprint density at radius 2 is 1.87 bits per heavy atom. The molecule has 0 aliphatic heterocycles. The SMILES string of the molecule is CC(C)c1ccc(C(=O)CC23CC(NC(=O)COc4ccc(Cl)c(Cl)c4)(C2)C3)cn1. The van der Waals surface area contributed by atoms with Crippen molar-refractivity contribution in [3.63, 3.8) is 0 Å². The average molecular weight is 447 g/mol. The molecule has 5 rings (SSSR count). The van der Waals surface area contributed by atoms with Crippen LogP contribution in [0.5, 0.6) is 5.75 Å². The first-order valence-electron chi connectivity index (χ1n) is 10.1. The van der Waals surface area contributed by atoms with Gasteiger partial charge in [0.15, 0.2) is 12.4 Å². The highest BCUT2D eigenvalue weighted by Gasteiger charge is 2.68. The van der Waals surface area contributed by atoms with E-state index >= 15 is 0 Å². The van der Waals surface area contributed by atoms with E-state index in [-0.39, 0.29) is 29.3 Å². The minimum Gasteiger partial charge on any atom is -0.484 e. The molecule has 1 amide bonds. The smallest absolute Gasteiger partial charge is 0.258 e. The Hall–Kier alpha value is -2.11. The molecule has 158 valence electrons. The maximum absolute atomic E-state index is 12.6. The summed E-state index contributed by atoms with van der Waals surface area (Å²) in [6.45, 7) is 4.07.